The summed E-state index contributed by atoms with van der Waals surface area (Å²) in [4.78, 5) is 39.8. The Morgan fingerprint density at radius 3 is 2.60 bits per heavy atom. The Hall–Kier alpha value is -3.94. The van der Waals surface area contributed by atoms with E-state index in [1.54, 1.807) is 34.8 Å². The number of rotatable bonds is 5. The fourth-order valence-corrected chi connectivity index (χ4v) is 3.39. The molecule has 1 fully saturated rings. The first-order valence-electron chi connectivity index (χ1n) is 9.77. The number of hydrogen-bond donors (Lipinski definition) is 3. The van der Waals surface area contributed by atoms with Crippen LogP contribution in [-0.4, -0.2) is 32.5 Å². The van der Waals surface area contributed by atoms with Gasteiger partial charge >= 0.3 is 0 Å². The van der Waals surface area contributed by atoms with Crippen LogP contribution in [0, 0.1) is 0 Å². The maximum absolute atomic E-state index is 12.7. The molecule has 5 rings (SSSR count). The van der Waals surface area contributed by atoms with Gasteiger partial charge < -0.3 is 15.6 Å². The van der Waals surface area contributed by atoms with Crippen molar-refractivity contribution in [2.45, 2.75) is 25.4 Å². The lowest BCUT2D eigenvalue weighted by Gasteiger charge is -2.07. The van der Waals surface area contributed by atoms with Crippen molar-refractivity contribution >= 4 is 28.4 Å². The molecule has 1 aliphatic rings. The summed E-state index contributed by atoms with van der Waals surface area (Å²) in [6.45, 7) is 0.290. The number of nitrogens with zero attached hydrogens (tertiary/aromatic N) is 2. The highest BCUT2D eigenvalue weighted by atomic mass is 16.2. The number of H-pyrrole nitrogens is 1. The quantitative estimate of drug-likeness (QED) is 0.475. The van der Waals surface area contributed by atoms with E-state index in [9.17, 15) is 14.4 Å². The highest BCUT2D eigenvalue weighted by Crippen LogP contribution is 2.19. The van der Waals surface area contributed by atoms with E-state index in [0.29, 0.717) is 40.3 Å². The summed E-state index contributed by atoms with van der Waals surface area (Å²) < 4.78 is 1.55. The molecule has 0 aliphatic heterocycles. The van der Waals surface area contributed by atoms with E-state index in [0.717, 1.165) is 18.4 Å². The molecule has 0 unspecified atom stereocenters. The van der Waals surface area contributed by atoms with Gasteiger partial charge in [-0.25, -0.2) is 4.52 Å². The topological polar surface area (TPSA) is 108 Å². The van der Waals surface area contributed by atoms with E-state index in [2.05, 4.69) is 20.7 Å². The summed E-state index contributed by atoms with van der Waals surface area (Å²) in [6.07, 6.45) is 3.53. The minimum atomic E-state index is -0.341. The van der Waals surface area contributed by atoms with Crippen molar-refractivity contribution in [3.63, 3.8) is 0 Å². The highest BCUT2D eigenvalue weighted by molar-refractivity contribution is 6.00. The van der Waals surface area contributed by atoms with Gasteiger partial charge in [0.2, 0.25) is 0 Å². The normalized spacial score (nSPS) is 13.5. The van der Waals surface area contributed by atoms with E-state index in [1.807, 2.05) is 18.2 Å². The molecule has 0 bridgehead atoms. The van der Waals surface area contributed by atoms with Crippen LogP contribution in [0.2, 0.25) is 0 Å². The largest absolute Gasteiger partial charge is 0.349 e. The molecule has 0 atom stereocenters. The Kier molecular flexibility index (Phi) is 4.31. The molecule has 4 aromatic rings. The van der Waals surface area contributed by atoms with Crippen molar-refractivity contribution in [2.75, 3.05) is 0 Å². The van der Waals surface area contributed by atoms with Gasteiger partial charge in [-0.2, -0.15) is 5.10 Å². The van der Waals surface area contributed by atoms with Gasteiger partial charge in [0, 0.05) is 18.2 Å². The lowest BCUT2D eigenvalue weighted by atomic mass is 10.1. The second kappa shape index (κ2) is 7.14. The van der Waals surface area contributed by atoms with Gasteiger partial charge in [0.25, 0.3) is 17.4 Å². The number of para-hydroxylation sites is 1. The van der Waals surface area contributed by atoms with Crippen LogP contribution < -0.4 is 16.2 Å². The Balaban J connectivity index is 1.32. The third kappa shape index (κ3) is 3.32. The van der Waals surface area contributed by atoms with E-state index >= 15 is 0 Å². The van der Waals surface area contributed by atoms with Crippen molar-refractivity contribution in [3.8, 4) is 0 Å². The van der Waals surface area contributed by atoms with Crippen molar-refractivity contribution in [1.82, 2.24) is 25.2 Å². The predicted molar refractivity (Wildman–Crippen MR) is 111 cm³/mol. The molecule has 2 amide bonds. The number of amides is 2. The summed E-state index contributed by atoms with van der Waals surface area (Å²) in [6, 6.07) is 14.5. The summed E-state index contributed by atoms with van der Waals surface area (Å²) in [5.41, 5.74) is 2.47. The van der Waals surface area contributed by atoms with Crippen molar-refractivity contribution in [3.05, 3.63) is 81.8 Å². The fraction of sp³-hybridized carbons (Fsp3) is 0.182. The molecule has 0 spiro atoms. The number of aromatic amines is 1. The zero-order valence-corrected chi connectivity index (χ0v) is 16.0. The number of carbonyl (C=O) groups excluding carboxylic acids is 2. The van der Waals surface area contributed by atoms with Gasteiger partial charge in [-0.15, -0.1) is 0 Å². The second-order valence-corrected chi connectivity index (χ2v) is 7.42. The van der Waals surface area contributed by atoms with Gasteiger partial charge in [-0.3, -0.25) is 14.4 Å². The van der Waals surface area contributed by atoms with Crippen LogP contribution >= 0.6 is 0 Å². The molecule has 0 radical (unpaired) electrons. The molecule has 8 nitrogen and oxygen atoms in total. The summed E-state index contributed by atoms with van der Waals surface area (Å²) >= 11 is 0. The first kappa shape index (κ1) is 18.1. The average molecular weight is 401 g/mol. The van der Waals surface area contributed by atoms with Crippen molar-refractivity contribution in [1.29, 1.82) is 0 Å². The molecule has 2 aromatic carbocycles. The summed E-state index contributed by atoms with van der Waals surface area (Å²) in [5, 5.41) is 10.6. The summed E-state index contributed by atoms with van der Waals surface area (Å²) in [5.74, 6) is -0.415. The lowest BCUT2D eigenvalue weighted by Crippen LogP contribution is -2.25. The van der Waals surface area contributed by atoms with Gasteiger partial charge in [0.05, 0.1) is 17.1 Å². The Labute approximate surface area is 170 Å². The molecule has 1 aliphatic carbocycles. The monoisotopic (exact) mass is 401 g/mol. The molecule has 8 heteroatoms. The maximum atomic E-state index is 12.7. The van der Waals surface area contributed by atoms with Crippen LogP contribution in [0.5, 0.6) is 0 Å². The van der Waals surface area contributed by atoms with Crippen LogP contribution in [0.1, 0.15) is 39.1 Å². The van der Waals surface area contributed by atoms with Crippen LogP contribution in [-0.2, 0) is 6.54 Å². The number of fused-ring (bicyclic) bond motifs is 3. The standard InChI is InChI=1S/C22H19N5O3/c28-20(25-15-9-10-15)14-7-5-13(6-8-14)11-23-21(29)17-12-24-27-18-4-2-1-3-16(18)22(30)26-19(17)27/h1-8,12,15H,9-11H2,(H,23,29)(H,25,28)(H,26,30). The molecular formula is C22H19N5O3. The molecule has 2 heterocycles. The Morgan fingerprint density at radius 2 is 1.83 bits per heavy atom. The van der Waals surface area contributed by atoms with E-state index < -0.39 is 0 Å². The Bertz CT molecular complexity index is 1330. The minimum Gasteiger partial charge on any atom is -0.349 e. The molecule has 3 N–H and O–H groups in total. The summed E-state index contributed by atoms with van der Waals surface area (Å²) in [7, 11) is 0. The van der Waals surface area contributed by atoms with E-state index in [1.165, 1.54) is 6.20 Å². The molecular weight excluding hydrogens is 382 g/mol. The average Bonchev–Trinajstić information content (AvgIpc) is 3.48. The van der Waals surface area contributed by atoms with Crippen molar-refractivity contribution < 1.29 is 9.59 Å². The third-order valence-corrected chi connectivity index (χ3v) is 5.20. The zero-order chi connectivity index (χ0) is 20.7. The number of nitrogens with one attached hydrogen (secondary N) is 3. The molecule has 1 saturated carbocycles. The van der Waals surface area contributed by atoms with Crippen LogP contribution in [0.3, 0.4) is 0 Å². The lowest BCUT2D eigenvalue weighted by molar-refractivity contribution is 0.0942. The SMILES string of the molecule is O=C(NC1CC1)c1ccc(CNC(=O)c2cnn3c2[nH]c(=O)c2ccccc23)cc1. The van der Waals surface area contributed by atoms with Crippen molar-refractivity contribution in [2.24, 2.45) is 0 Å². The number of carbonyl (C=O) groups is 2. The van der Waals surface area contributed by atoms with Crippen LogP contribution in [0.15, 0.2) is 59.5 Å². The molecule has 2 aromatic heterocycles. The van der Waals surface area contributed by atoms with Crippen LogP contribution in [0.25, 0.3) is 16.6 Å². The van der Waals surface area contributed by atoms with Gasteiger partial charge in [0.15, 0.2) is 0 Å². The molecule has 0 saturated heterocycles. The third-order valence-electron chi connectivity index (χ3n) is 5.20. The predicted octanol–water partition coefficient (Wildman–Crippen LogP) is 2.00. The smallest absolute Gasteiger partial charge is 0.259 e. The number of aromatic nitrogens is 3. The first-order chi connectivity index (χ1) is 14.6. The first-order valence-corrected chi connectivity index (χ1v) is 9.77. The van der Waals surface area contributed by atoms with Gasteiger partial charge in [0.1, 0.15) is 11.2 Å². The van der Waals surface area contributed by atoms with Gasteiger partial charge in [-0.1, -0.05) is 24.3 Å². The van der Waals surface area contributed by atoms with Gasteiger partial charge in [-0.05, 0) is 42.7 Å². The number of hydrogen-bond acceptors (Lipinski definition) is 4. The molecule has 30 heavy (non-hydrogen) atoms. The molecule has 150 valence electrons. The van der Waals surface area contributed by atoms with Crippen LogP contribution in [0.4, 0.5) is 0 Å². The number of benzene rings is 2. The second-order valence-electron chi connectivity index (χ2n) is 7.42. The van der Waals surface area contributed by atoms with E-state index in [4.69, 9.17) is 0 Å². The maximum Gasteiger partial charge on any atom is 0.259 e. The van der Waals surface area contributed by atoms with E-state index in [-0.39, 0.29) is 17.4 Å². The fourth-order valence-electron chi connectivity index (χ4n) is 3.39. The minimum absolute atomic E-state index is 0.0735. The highest BCUT2D eigenvalue weighted by Gasteiger charge is 2.23. The zero-order valence-electron chi connectivity index (χ0n) is 16.0. The Morgan fingerprint density at radius 1 is 1.07 bits per heavy atom.